The minimum Gasteiger partial charge on any atom is -0.444 e. The molecule has 1 fully saturated rings. The second-order valence-corrected chi connectivity index (χ2v) is 7.32. The number of hydrogen-bond acceptors (Lipinski definition) is 5. The second kappa shape index (κ2) is 7.82. The van der Waals surface area contributed by atoms with Gasteiger partial charge in [-0.05, 0) is 46.6 Å². The minimum absolute atomic E-state index is 0.200. The molecule has 0 radical (unpaired) electrons. The van der Waals surface area contributed by atoms with Crippen molar-refractivity contribution in [2.45, 2.75) is 58.8 Å². The van der Waals surface area contributed by atoms with Crippen LogP contribution in [-0.4, -0.2) is 45.2 Å². The molecule has 7 heteroatoms. The quantitative estimate of drug-likeness (QED) is 0.875. The zero-order valence-corrected chi connectivity index (χ0v) is 15.3. The van der Waals surface area contributed by atoms with Gasteiger partial charge in [-0.15, -0.1) is 0 Å². The molecule has 1 aromatic rings. The van der Waals surface area contributed by atoms with Crippen LogP contribution in [-0.2, 0) is 16.1 Å². The maximum atomic E-state index is 12.7. The van der Waals surface area contributed by atoms with E-state index in [9.17, 15) is 14.7 Å². The summed E-state index contributed by atoms with van der Waals surface area (Å²) in [4.78, 5) is 30.8. The SMILES string of the molecule is C[C@@H]1[C@H](C(=O)Nc2ncccc2CO)CCCN1C(=O)OC(C)(C)C. The van der Waals surface area contributed by atoms with Gasteiger partial charge in [0.15, 0.2) is 0 Å². The first-order chi connectivity index (χ1) is 11.7. The number of piperidine rings is 1. The van der Waals surface area contributed by atoms with Crippen LogP contribution in [0.4, 0.5) is 10.6 Å². The van der Waals surface area contributed by atoms with Gasteiger partial charge in [0, 0.05) is 24.3 Å². The van der Waals surface area contributed by atoms with Gasteiger partial charge in [0.05, 0.1) is 12.5 Å². The van der Waals surface area contributed by atoms with E-state index in [1.165, 1.54) is 0 Å². The third-order valence-corrected chi connectivity index (χ3v) is 4.26. The van der Waals surface area contributed by atoms with Gasteiger partial charge in [-0.2, -0.15) is 0 Å². The number of ether oxygens (including phenoxy) is 1. The Morgan fingerprint density at radius 1 is 1.44 bits per heavy atom. The highest BCUT2D eigenvalue weighted by atomic mass is 16.6. The molecule has 0 aliphatic carbocycles. The number of likely N-dealkylation sites (tertiary alicyclic amines) is 1. The topological polar surface area (TPSA) is 91.8 Å². The first-order valence-corrected chi connectivity index (χ1v) is 8.58. The summed E-state index contributed by atoms with van der Waals surface area (Å²) < 4.78 is 5.44. The fourth-order valence-electron chi connectivity index (χ4n) is 2.96. The van der Waals surface area contributed by atoms with Gasteiger partial charge in [0.25, 0.3) is 0 Å². The average molecular weight is 349 g/mol. The maximum Gasteiger partial charge on any atom is 0.410 e. The number of hydrogen-bond donors (Lipinski definition) is 2. The normalized spacial score (nSPS) is 20.9. The van der Waals surface area contributed by atoms with Crippen LogP contribution in [0.5, 0.6) is 0 Å². The lowest BCUT2D eigenvalue weighted by atomic mass is 9.89. The Balaban J connectivity index is 2.08. The molecule has 1 aliphatic heterocycles. The fourth-order valence-corrected chi connectivity index (χ4v) is 2.96. The van der Waals surface area contributed by atoms with Gasteiger partial charge in [-0.3, -0.25) is 4.79 Å². The lowest BCUT2D eigenvalue weighted by Gasteiger charge is -2.39. The molecular weight excluding hydrogens is 322 g/mol. The van der Waals surface area contributed by atoms with Gasteiger partial charge in [0.2, 0.25) is 5.91 Å². The Morgan fingerprint density at radius 2 is 2.16 bits per heavy atom. The lowest BCUT2D eigenvalue weighted by molar-refractivity contribution is -0.123. The van der Waals surface area contributed by atoms with E-state index in [0.29, 0.717) is 24.3 Å². The molecule has 2 atom stereocenters. The highest BCUT2D eigenvalue weighted by molar-refractivity contribution is 5.93. The summed E-state index contributed by atoms with van der Waals surface area (Å²) in [6, 6.07) is 3.14. The highest BCUT2D eigenvalue weighted by Gasteiger charge is 2.37. The van der Waals surface area contributed by atoms with E-state index < -0.39 is 11.7 Å². The van der Waals surface area contributed by atoms with Crippen molar-refractivity contribution in [3.05, 3.63) is 23.9 Å². The number of pyridine rings is 1. The van der Waals surface area contributed by atoms with Crippen LogP contribution >= 0.6 is 0 Å². The van der Waals surface area contributed by atoms with E-state index in [1.807, 2.05) is 27.7 Å². The number of carbonyl (C=O) groups excluding carboxylic acids is 2. The Labute approximate surface area is 148 Å². The zero-order valence-electron chi connectivity index (χ0n) is 15.3. The molecular formula is C18H27N3O4. The number of nitrogens with one attached hydrogen (secondary N) is 1. The number of aliphatic hydroxyl groups is 1. The Hall–Kier alpha value is -2.15. The van der Waals surface area contributed by atoms with Gasteiger partial charge in [-0.25, -0.2) is 9.78 Å². The fraction of sp³-hybridized carbons (Fsp3) is 0.611. The molecule has 0 bridgehead atoms. The second-order valence-electron chi connectivity index (χ2n) is 7.32. The summed E-state index contributed by atoms with van der Waals surface area (Å²) in [5, 5.41) is 12.1. The van der Waals surface area contributed by atoms with Gasteiger partial charge in [-0.1, -0.05) is 6.07 Å². The molecule has 138 valence electrons. The van der Waals surface area contributed by atoms with E-state index in [1.54, 1.807) is 23.2 Å². The molecule has 7 nitrogen and oxygen atoms in total. The van der Waals surface area contributed by atoms with Crippen molar-refractivity contribution in [1.29, 1.82) is 0 Å². The molecule has 2 amide bonds. The van der Waals surface area contributed by atoms with Crippen molar-refractivity contribution in [3.63, 3.8) is 0 Å². The third kappa shape index (κ3) is 4.92. The summed E-state index contributed by atoms with van der Waals surface area (Å²) in [6.45, 7) is 7.70. The van der Waals surface area contributed by atoms with Crippen LogP contribution in [0.1, 0.15) is 46.1 Å². The maximum absolute atomic E-state index is 12.7. The monoisotopic (exact) mass is 349 g/mol. The molecule has 0 saturated carbocycles. The summed E-state index contributed by atoms with van der Waals surface area (Å²) >= 11 is 0. The third-order valence-electron chi connectivity index (χ3n) is 4.26. The predicted molar refractivity (Wildman–Crippen MR) is 93.9 cm³/mol. The van der Waals surface area contributed by atoms with Gasteiger partial charge in [0.1, 0.15) is 11.4 Å². The van der Waals surface area contributed by atoms with Crippen LogP contribution in [0.2, 0.25) is 0 Å². The number of amides is 2. The number of anilines is 1. The van der Waals surface area contributed by atoms with Gasteiger partial charge < -0.3 is 20.1 Å². The van der Waals surface area contributed by atoms with E-state index in [0.717, 1.165) is 6.42 Å². The van der Waals surface area contributed by atoms with E-state index in [-0.39, 0.29) is 24.5 Å². The molecule has 2 N–H and O–H groups in total. The molecule has 1 aliphatic rings. The van der Waals surface area contributed by atoms with Crippen LogP contribution in [0, 0.1) is 5.92 Å². The molecule has 0 aromatic carbocycles. The van der Waals surface area contributed by atoms with E-state index in [2.05, 4.69) is 10.3 Å². The minimum atomic E-state index is -0.573. The predicted octanol–water partition coefficient (Wildman–Crippen LogP) is 2.55. The molecule has 2 rings (SSSR count). The molecule has 0 spiro atoms. The molecule has 1 saturated heterocycles. The number of aliphatic hydroxyl groups excluding tert-OH is 1. The summed E-state index contributed by atoms with van der Waals surface area (Å²) in [5.74, 6) is -0.194. The number of carbonyl (C=O) groups is 2. The van der Waals surface area contributed by atoms with Crippen LogP contribution in [0.3, 0.4) is 0 Å². The zero-order chi connectivity index (χ0) is 18.6. The van der Waals surface area contributed by atoms with Crippen molar-refractivity contribution in [2.75, 3.05) is 11.9 Å². The van der Waals surface area contributed by atoms with Crippen molar-refractivity contribution >= 4 is 17.8 Å². The number of nitrogens with zero attached hydrogens (tertiary/aromatic N) is 2. The van der Waals surface area contributed by atoms with Crippen LogP contribution < -0.4 is 5.32 Å². The van der Waals surface area contributed by atoms with Gasteiger partial charge >= 0.3 is 6.09 Å². The molecule has 25 heavy (non-hydrogen) atoms. The van der Waals surface area contributed by atoms with Crippen molar-refractivity contribution < 1.29 is 19.4 Å². The Morgan fingerprint density at radius 3 is 2.80 bits per heavy atom. The summed E-state index contributed by atoms with van der Waals surface area (Å²) in [7, 11) is 0. The highest BCUT2D eigenvalue weighted by Crippen LogP contribution is 2.27. The Kier molecular flexibility index (Phi) is 6.00. The van der Waals surface area contributed by atoms with Crippen LogP contribution in [0.15, 0.2) is 18.3 Å². The first-order valence-electron chi connectivity index (χ1n) is 8.58. The summed E-state index contributed by atoms with van der Waals surface area (Å²) in [5.41, 5.74) is -0.0148. The van der Waals surface area contributed by atoms with Crippen molar-refractivity contribution in [2.24, 2.45) is 5.92 Å². The lowest BCUT2D eigenvalue weighted by Crippen LogP contribution is -2.51. The average Bonchev–Trinajstić information content (AvgIpc) is 2.53. The summed E-state index contributed by atoms with van der Waals surface area (Å²) in [6.07, 6.45) is 2.59. The number of rotatable bonds is 3. The molecule has 1 aromatic heterocycles. The molecule has 0 unspecified atom stereocenters. The number of aromatic nitrogens is 1. The first kappa shape index (κ1) is 19.2. The van der Waals surface area contributed by atoms with Crippen molar-refractivity contribution in [3.8, 4) is 0 Å². The molecule has 2 heterocycles. The van der Waals surface area contributed by atoms with Crippen LogP contribution in [0.25, 0.3) is 0 Å². The smallest absolute Gasteiger partial charge is 0.410 e. The Bertz CT molecular complexity index is 627. The van der Waals surface area contributed by atoms with E-state index >= 15 is 0 Å². The largest absolute Gasteiger partial charge is 0.444 e. The van der Waals surface area contributed by atoms with E-state index in [4.69, 9.17) is 4.74 Å². The van der Waals surface area contributed by atoms with Crippen molar-refractivity contribution in [1.82, 2.24) is 9.88 Å². The standard InChI is InChI=1S/C18H27N3O4/c1-12-14(8-6-10-21(12)17(24)25-18(2,3)4)16(23)20-15-13(11-22)7-5-9-19-15/h5,7,9,12,14,22H,6,8,10-11H2,1-4H3,(H,19,20,23)/t12-,14-/m1/s1.